The van der Waals surface area contributed by atoms with Gasteiger partial charge in [0.15, 0.2) is 5.17 Å². The number of fused-ring (bicyclic) bond motifs is 1. The Bertz CT molecular complexity index is 1290. The minimum Gasteiger partial charge on any atom is -0.497 e. The fourth-order valence-corrected chi connectivity index (χ4v) is 6.48. The number of ether oxygens (including phenoxy) is 1. The number of rotatable bonds is 5. The number of aliphatic imine (C=N–C) groups is 1. The highest BCUT2D eigenvalue weighted by molar-refractivity contribution is 8.19. The van der Waals surface area contributed by atoms with E-state index >= 15 is 0 Å². The van der Waals surface area contributed by atoms with Gasteiger partial charge in [0.25, 0.3) is 5.91 Å². The fourth-order valence-electron chi connectivity index (χ4n) is 4.04. The fraction of sp³-hybridized carbons (Fsp3) is 0.185. The number of amides is 1. The van der Waals surface area contributed by atoms with E-state index in [-0.39, 0.29) is 5.91 Å². The van der Waals surface area contributed by atoms with Crippen LogP contribution in [0.4, 0.5) is 11.4 Å². The Hall–Kier alpha value is -3.16. The number of carbonyl (C=O) groups excluding carboxylic acids is 1. The number of thioether (sulfide) groups is 2. The Kier molecular flexibility index (Phi) is 6.39. The molecule has 3 aromatic carbocycles. The van der Waals surface area contributed by atoms with Crippen LogP contribution in [0.15, 0.2) is 92.6 Å². The maximum absolute atomic E-state index is 13.4. The summed E-state index contributed by atoms with van der Waals surface area (Å²) in [6, 6.07) is 24.5. The molecule has 0 spiro atoms. The average Bonchev–Trinajstić information content (AvgIpc) is 3.40. The molecule has 0 bridgehead atoms. The van der Waals surface area contributed by atoms with Crippen molar-refractivity contribution in [3.05, 3.63) is 82.7 Å². The minimum atomic E-state index is 0.00729. The third kappa shape index (κ3) is 4.10. The van der Waals surface area contributed by atoms with Crippen LogP contribution in [0.3, 0.4) is 0 Å². The van der Waals surface area contributed by atoms with E-state index in [0.29, 0.717) is 11.7 Å². The number of benzene rings is 3. The van der Waals surface area contributed by atoms with Gasteiger partial charge in [-0.2, -0.15) is 0 Å². The van der Waals surface area contributed by atoms with Gasteiger partial charge in [0.2, 0.25) is 0 Å². The van der Waals surface area contributed by atoms with Crippen molar-refractivity contribution in [3.8, 4) is 16.9 Å². The molecule has 3 aromatic rings. The molecule has 34 heavy (non-hydrogen) atoms. The average molecular weight is 488 g/mol. The van der Waals surface area contributed by atoms with Gasteiger partial charge in [-0.15, -0.1) is 0 Å². The van der Waals surface area contributed by atoms with Gasteiger partial charge in [-0.25, -0.2) is 4.99 Å². The van der Waals surface area contributed by atoms with E-state index in [9.17, 15) is 4.79 Å². The number of anilines is 1. The van der Waals surface area contributed by atoms with Crippen molar-refractivity contribution in [2.24, 2.45) is 4.99 Å². The van der Waals surface area contributed by atoms with Crippen LogP contribution in [0.2, 0.25) is 0 Å². The van der Waals surface area contributed by atoms with Crippen molar-refractivity contribution in [2.75, 3.05) is 25.1 Å². The summed E-state index contributed by atoms with van der Waals surface area (Å²) in [5.41, 5.74) is 4.22. The predicted molar refractivity (Wildman–Crippen MR) is 143 cm³/mol. The monoisotopic (exact) mass is 487 g/mol. The summed E-state index contributed by atoms with van der Waals surface area (Å²) in [6.45, 7) is 5.42. The molecule has 1 amide bonds. The Morgan fingerprint density at radius 1 is 0.853 bits per heavy atom. The second kappa shape index (κ2) is 9.60. The lowest BCUT2D eigenvalue weighted by Crippen LogP contribution is -2.29. The van der Waals surface area contributed by atoms with Crippen molar-refractivity contribution >= 4 is 46.0 Å². The largest absolute Gasteiger partial charge is 0.497 e. The number of hydrogen-bond acceptors (Lipinski definition) is 6. The van der Waals surface area contributed by atoms with E-state index in [1.165, 1.54) is 17.3 Å². The smallest absolute Gasteiger partial charge is 0.269 e. The molecule has 7 heteroatoms. The first-order valence-electron chi connectivity index (χ1n) is 11.2. The van der Waals surface area contributed by atoms with Gasteiger partial charge in [-0.1, -0.05) is 54.2 Å². The molecule has 5 rings (SSSR count). The summed E-state index contributed by atoms with van der Waals surface area (Å²) in [7, 11) is 1.67. The summed E-state index contributed by atoms with van der Waals surface area (Å²) < 4.78 is 5.42. The Balaban J connectivity index is 1.47. The van der Waals surface area contributed by atoms with Gasteiger partial charge in [0.1, 0.15) is 15.7 Å². The Morgan fingerprint density at radius 3 is 2.24 bits per heavy atom. The van der Waals surface area contributed by atoms with E-state index in [1.54, 1.807) is 23.8 Å². The summed E-state index contributed by atoms with van der Waals surface area (Å²) >= 11 is 3.09. The highest BCUT2D eigenvalue weighted by atomic mass is 32.2. The molecule has 2 heterocycles. The number of carbonyl (C=O) groups is 1. The van der Waals surface area contributed by atoms with E-state index < -0.39 is 0 Å². The number of amidine groups is 1. The van der Waals surface area contributed by atoms with Gasteiger partial charge in [0.05, 0.1) is 18.5 Å². The first-order chi connectivity index (χ1) is 16.6. The molecule has 0 atom stereocenters. The molecule has 0 N–H and O–H groups in total. The molecule has 2 aliphatic heterocycles. The zero-order valence-electron chi connectivity index (χ0n) is 19.3. The van der Waals surface area contributed by atoms with Crippen LogP contribution in [0.5, 0.6) is 5.75 Å². The molecule has 1 saturated heterocycles. The number of nitrogens with zero attached hydrogens (tertiary/aromatic N) is 3. The van der Waals surface area contributed by atoms with Crippen molar-refractivity contribution in [2.45, 2.75) is 18.7 Å². The highest BCUT2D eigenvalue weighted by Crippen LogP contribution is 2.51. The van der Waals surface area contributed by atoms with Gasteiger partial charge < -0.3 is 9.64 Å². The van der Waals surface area contributed by atoms with Crippen LogP contribution >= 0.6 is 23.5 Å². The maximum Gasteiger partial charge on any atom is 0.269 e. The van der Waals surface area contributed by atoms with Crippen LogP contribution in [0.25, 0.3) is 11.1 Å². The second-order valence-electron chi connectivity index (χ2n) is 7.77. The van der Waals surface area contributed by atoms with Gasteiger partial charge in [0, 0.05) is 24.1 Å². The van der Waals surface area contributed by atoms with Gasteiger partial charge in [-0.05, 0) is 61.0 Å². The molecular weight excluding hydrogens is 462 g/mol. The van der Waals surface area contributed by atoms with Gasteiger partial charge >= 0.3 is 0 Å². The molecule has 1 fully saturated rings. The molecule has 2 aliphatic rings. The lowest BCUT2D eigenvalue weighted by molar-refractivity contribution is -0.122. The zero-order chi connectivity index (χ0) is 23.7. The van der Waals surface area contributed by atoms with Crippen molar-refractivity contribution in [1.82, 2.24) is 4.90 Å². The molecular formula is C27H25N3O2S2. The first-order valence-corrected chi connectivity index (χ1v) is 12.9. The van der Waals surface area contributed by atoms with Crippen molar-refractivity contribution in [1.29, 1.82) is 0 Å². The Morgan fingerprint density at radius 2 is 1.56 bits per heavy atom. The quantitative estimate of drug-likeness (QED) is 0.373. The topological polar surface area (TPSA) is 45.1 Å². The zero-order valence-corrected chi connectivity index (χ0v) is 21.0. The maximum atomic E-state index is 13.4. The molecule has 0 aliphatic carbocycles. The molecule has 5 nitrogen and oxygen atoms in total. The van der Waals surface area contributed by atoms with Crippen LogP contribution < -0.4 is 9.64 Å². The number of methoxy groups -OCH3 is 1. The van der Waals surface area contributed by atoms with Gasteiger partial charge in [-0.3, -0.25) is 9.69 Å². The van der Waals surface area contributed by atoms with Crippen LogP contribution in [0, 0.1) is 0 Å². The van der Waals surface area contributed by atoms with Crippen molar-refractivity contribution < 1.29 is 9.53 Å². The SMILES string of the molecule is CCN1C(=O)/C(=C2/Sc3ccc(OC)cc3N2CC)SC1=Nc1ccc(-c2ccccc2)cc1. The number of likely N-dealkylation sites (N-methyl/N-ethyl adjacent to an activating group) is 1. The number of hydrogen-bond donors (Lipinski definition) is 0. The standard InChI is InChI=1S/C27H25N3O2S2/c1-4-29-22-17-21(32-3)15-16-23(22)33-26(29)24-25(31)30(5-2)27(34-24)28-20-13-11-19(12-14-20)18-9-7-6-8-10-18/h6-17H,4-5H2,1-3H3/b26-24-,28-27?. The van der Waals surface area contributed by atoms with E-state index in [4.69, 9.17) is 9.73 Å². The molecule has 0 unspecified atom stereocenters. The summed E-state index contributed by atoms with van der Waals surface area (Å²) in [5.74, 6) is 0.818. The first kappa shape index (κ1) is 22.6. The van der Waals surface area contributed by atoms with E-state index in [1.807, 2.05) is 49.4 Å². The third-order valence-electron chi connectivity index (χ3n) is 5.80. The van der Waals surface area contributed by atoms with E-state index in [0.717, 1.165) is 44.1 Å². The second-order valence-corrected chi connectivity index (χ2v) is 9.78. The molecule has 0 saturated carbocycles. The lowest BCUT2D eigenvalue weighted by atomic mass is 10.1. The van der Waals surface area contributed by atoms with Crippen LogP contribution in [-0.2, 0) is 4.79 Å². The molecule has 0 aromatic heterocycles. The summed E-state index contributed by atoms with van der Waals surface area (Å²) in [4.78, 5) is 24.1. The van der Waals surface area contributed by atoms with Crippen LogP contribution in [-0.4, -0.2) is 36.2 Å². The predicted octanol–water partition coefficient (Wildman–Crippen LogP) is 6.75. The molecule has 172 valence electrons. The van der Waals surface area contributed by atoms with Crippen molar-refractivity contribution in [3.63, 3.8) is 0 Å². The summed E-state index contributed by atoms with van der Waals surface area (Å²) in [5, 5.41) is 1.68. The van der Waals surface area contributed by atoms with Crippen LogP contribution in [0.1, 0.15) is 13.8 Å². The molecule has 0 radical (unpaired) electrons. The summed E-state index contributed by atoms with van der Waals surface area (Å²) in [6.07, 6.45) is 0. The Labute approximate surface area is 208 Å². The lowest BCUT2D eigenvalue weighted by Gasteiger charge is -2.19. The third-order valence-corrected chi connectivity index (χ3v) is 8.18. The normalized spacial score (nSPS) is 18.7. The minimum absolute atomic E-state index is 0.00729. The highest BCUT2D eigenvalue weighted by Gasteiger charge is 2.39. The van der Waals surface area contributed by atoms with E-state index in [2.05, 4.69) is 42.2 Å².